The molecule has 15 nitrogen and oxygen atoms in total. The van der Waals surface area contributed by atoms with Crippen LogP contribution in [-0.2, 0) is 35.5 Å². The predicted molar refractivity (Wildman–Crippen MR) is 262 cm³/mol. The molecular weight excluding hydrogens is 883 g/mol. The number of carboxylic acid groups (broad SMARTS) is 1. The molecule has 0 saturated carbocycles. The number of carboxylic acids is 1. The number of phenolic OH excluding ortho intramolecular Hbond substituents is 2. The molecule has 15 heteroatoms. The zero-order valence-electron chi connectivity index (χ0n) is 41.7. The average Bonchev–Trinajstić information content (AvgIpc) is 3.77. The van der Waals surface area contributed by atoms with Crippen molar-refractivity contribution in [2.45, 2.75) is 175 Å². The number of hydrogen-bond donors (Lipinski definition) is 6. The number of aromatic hydroxyl groups is 2. The molecular formula is C54H73N3O12. The van der Waals surface area contributed by atoms with Crippen LogP contribution >= 0.6 is 0 Å². The monoisotopic (exact) mass is 956 g/mol. The Kier molecular flexibility index (Phi) is 17.0. The quantitative estimate of drug-likeness (QED) is 0.0648. The number of allylic oxidation sites excluding steroid dienone is 8. The Morgan fingerprint density at radius 3 is 1.74 bits per heavy atom. The summed E-state index contributed by atoms with van der Waals surface area (Å²) in [4.78, 5) is 55.2. The lowest BCUT2D eigenvalue weighted by atomic mass is 9.84. The predicted octanol–water partition coefficient (Wildman–Crippen LogP) is 8.72. The minimum absolute atomic E-state index is 0.0455. The zero-order valence-corrected chi connectivity index (χ0v) is 41.7. The van der Waals surface area contributed by atoms with Gasteiger partial charge in [0.05, 0.1) is 42.5 Å². The number of aliphatic carboxylic acids is 1. The lowest BCUT2D eigenvalue weighted by Crippen LogP contribution is -2.49. The number of phenols is 2. The van der Waals surface area contributed by atoms with E-state index in [1.54, 1.807) is 4.90 Å². The summed E-state index contributed by atoms with van der Waals surface area (Å²) in [6.45, 7) is 15.7. The first-order valence-electron chi connectivity index (χ1n) is 24.4. The number of carbonyl (C=O) groups excluding carboxylic acids is 3. The number of nitrogens with zero attached hydrogens (tertiary/aromatic N) is 2. The molecule has 0 spiro atoms. The Labute approximate surface area is 406 Å². The third-order valence-electron chi connectivity index (χ3n) is 14.1. The molecule has 2 aromatic carbocycles. The second kappa shape index (κ2) is 22.3. The number of amides is 3. The number of rotatable bonds is 21. The fourth-order valence-corrected chi connectivity index (χ4v) is 9.77. The minimum atomic E-state index is -1.26. The van der Waals surface area contributed by atoms with E-state index < -0.39 is 54.0 Å². The summed E-state index contributed by atoms with van der Waals surface area (Å²) in [6, 6.07) is 2.08. The van der Waals surface area contributed by atoms with Crippen LogP contribution in [0, 0.1) is 0 Å². The highest BCUT2D eigenvalue weighted by atomic mass is 16.6. The SMILES string of the molecule is CC(C)=CCC/C(C)=C/CC[C@@]1(C)Oc2c(c(O)cc3c2CN(CCC[C@@H](COC(=O)NCC(=O)O)N2Cc4c(cc(O)c5c4O[C@](C)(CC/C=C(\C)CCC=C(C)C)[C@@H](O)C5)C2=O)C3=O)C[C@@H]1O. The van der Waals surface area contributed by atoms with Crippen LogP contribution in [-0.4, -0.2) is 108 Å². The van der Waals surface area contributed by atoms with Crippen molar-refractivity contribution < 1.29 is 58.9 Å². The second-order valence-electron chi connectivity index (χ2n) is 20.3. The number of hydrogen-bond acceptors (Lipinski definition) is 11. The zero-order chi connectivity index (χ0) is 50.4. The summed E-state index contributed by atoms with van der Waals surface area (Å²) >= 11 is 0. The first-order valence-corrected chi connectivity index (χ1v) is 24.4. The lowest BCUT2D eigenvalue weighted by Gasteiger charge is -2.41. The molecule has 0 saturated heterocycles. The van der Waals surface area contributed by atoms with E-state index in [0.717, 1.165) is 25.7 Å². The molecule has 4 aliphatic rings. The molecule has 2 aromatic rings. The fourth-order valence-electron chi connectivity index (χ4n) is 9.77. The molecule has 4 aliphatic heterocycles. The Morgan fingerprint density at radius 2 is 1.25 bits per heavy atom. The van der Waals surface area contributed by atoms with Crippen molar-refractivity contribution in [1.29, 1.82) is 0 Å². The summed E-state index contributed by atoms with van der Waals surface area (Å²) < 4.78 is 18.7. The molecule has 0 bridgehead atoms. The van der Waals surface area contributed by atoms with E-state index in [9.17, 15) is 39.6 Å². The minimum Gasteiger partial charge on any atom is -0.508 e. The number of fused-ring (bicyclic) bond motifs is 6. The number of nitrogens with one attached hydrogen (secondary N) is 1. The summed E-state index contributed by atoms with van der Waals surface area (Å²) in [6.07, 6.45) is 12.9. The topological polar surface area (TPSA) is 216 Å². The van der Waals surface area contributed by atoms with Crippen LogP contribution in [0.4, 0.5) is 4.79 Å². The van der Waals surface area contributed by atoms with Gasteiger partial charge in [-0.1, -0.05) is 46.6 Å². The molecule has 69 heavy (non-hydrogen) atoms. The van der Waals surface area contributed by atoms with Crippen LogP contribution in [0.2, 0.25) is 0 Å². The molecule has 4 heterocycles. The third-order valence-corrected chi connectivity index (χ3v) is 14.1. The Balaban J connectivity index is 1.16. The van der Waals surface area contributed by atoms with Crippen molar-refractivity contribution in [2.75, 3.05) is 19.7 Å². The fraction of sp³-hybridized carbons (Fsp3) is 0.556. The van der Waals surface area contributed by atoms with Gasteiger partial charge < -0.3 is 54.9 Å². The summed E-state index contributed by atoms with van der Waals surface area (Å²) in [5.41, 5.74) is 5.60. The van der Waals surface area contributed by atoms with Gasteiger partial charge in [0.25, 0.3) is 11.8 Å². The van der Waals surface area contributed by atoms with Gasteiger partial charge in [0.2, 0.25) is 0 Å². The molecule has 0 fully saturated rings. The van der Waals surface area contributed by atoms with Crippen LogP contribution in [0.1, 0.15) is 163 Å². The van der Waals surface area contributed by atoms with Crippen LogP contribution in [0.15, 0.2) is 58.7 Å². The molecule has 0 unspecified atom stereocenters. The van der Waals surface area contributed by atoms with E-state index in [1.807, 2.05) is 13.8 Å². The third kappa shape index (κ3) is 12.5. The van der Waals surface area contributed by atoms with Crippen molar-refractivity contribution in [3.8, 4) is 23.0 Å². The summed E-state index contributed by atoms with van der Waals surface area (Å²) in [5, 5.41) is 56.3. The van der Waals surface area contributed by atoms with E-state index in [2.05, 4.69) is 71.2 Å². The van der Waals surface area contributed by atoms with Crippen molar-refractivity contribution in [1.82, 2.24) is 15.1 Å². The smallest absolute Gasteiger partial charge is 0.407 e. The van der Waals surface area contributed by atoms with E-state index in [4.69, 9.17) is 19.3 Å². The van der Waals surface area contributed by atoms with E-state index in [1.165, 1.54) is 39.3 Å². The molecule has 0 radical (unpaired) electrons. The van der Waals surface area contributed by atoms with Crippen molar-refractivity contribution >= 4 is 23.9 Å². The number of ether oxygens (including phenoxy) is 3. The normalized spacial score (nSPS) is 22.2. The Bertz CT molecular complexity index is 2410. The summed E-state index contributed by atoms with van der Waals surface area (Å²) in [7, 11) is 0. The standard InChI is InChI=1S/C54H73N3O12/c1-32(2)14-9-16-34(5)18-11-21-53(7)45(60)26-39-43(58)24-37-41(48(39)68-53)29-56(50(37)64)23-13-20-36(31-67-52(66)55-28-47(62)63)57-30-42-38(51(57)65)25-44(59)40-27-46(61)54(8,69-49(40)42)22-12-19-35(6)17-10-15-33(3)4/h14-15,18-19,24-25,36,45-46,58-61H,9-13,16-17,20-23,26-31H2,1-8H3,(H,55,66)(H,62,63)/b34-18+,35-19+/t36-,45-,46-,53+,54+/m0/s1. The van der Waals surface area contributed by atoms with Gasteiger partial charge in [-0.3, -0.25) is 14.4 Å². The highest BCUT2D eigenvalue weighted by Gasteiger charge is 2.46. The van der Waals surface area contributed by atoms with E-state index in [0.29, 0.717) is 71.4 Å². The first-order chi connectivity index (χ1) is 32.6. The van der Waals surface area contributed by atoms with Gasteiger partial charge in [-0.2, -0.15) is 0 Å². The lowest BCUT2D eigenvalue weighted by molar-refractivity contribution is -0.135. The number of carbonyl (C=O) groups is 4. The van der Waals surface area contributed by atoms with Gasteiger partial charge in [-0.25, -0.2) is 4.79 Å². The molecule has 0 aliphatic carbocycles. The van der Waals surface area contributed by atoms with E-state index in [-0.39, 0.29) is 68.5 Å². The highest BCUT2D eigenvalue weighted by molar-refractivity contribution is 6.01. The van der Waals surface area contributed by atoms with Crippen molar-refractivity contribution in [3.05, 3.63) is 92.1 Å². The number of aliphatic hydroxyl groups excluding tert-OH is 2. The molecule has 0 aromatic heterocycles. The first kappa shape index (κ1) is 52.6. The Morgan fingerprint density at radius 1 is 0.754 bits per heavy atom. The van der Waals surface area contributed by atoms with Crippen LogP contribution in [0.25, 0.3) is 0 Å². The van der Waals surface area contributed by atoms with Gasteiger partial charge in [0.15, 0.2) is 0 Å². The van der Waals surface area contributed by atoms with E-state index >= 15 is 0 Å². The molecule has 6 N–H and O–H groups in total. The van der Waals surface area contributed by atoms with Gasteiger partial charge in [-0.15, -0.1) is 0 Å². The average molecular weight is 956 g/mol. The molecule has 6 rings (SSSR count). The number of benzene rings is 2. The second-order valence-corrected chi connectivity index (χ2v) is 20.3. The highest BCUT2D eigenvalue weighted by Crippen LogP contribution is 2.48. The van der Waals surface area contributed by atoms with Crippen LogP contribution in [0.3, 0.4) is 0 Å². The molecule has 3 amide bonds. The molecule has 376 valence electrons. The van der Waals surface area contributed by atoms with Gasteiger partial charge in [0.1, 0.15) is 47.4 Å². The van der Waals surface area contributed by atoms with Crippen LogP contribution in [0.5, 0.6) is 23.0 Å². The largest absolute Gasteiger partial charge is 0.508 e. The van der Waals surface area contributed by atoms with Crippen molar-refractivity contribution in [3.63, 3.8) is 0 Å². The maximum Gasteiger partial charge on any atom is 0.407 e. The molecule has 5 atom stereocenters. The van der Waals surface area contributed by atoms with Gasteiger partial charge in [0, 0.05) is 41.6 Å². The summed E-state index contributed by atoms with van der Waals surface area (Å²) in [5.74, 6) is -1.53. The van der Waals surface area contributed by atoms with Gasteiger partial charge in [-0.05, 0) is 132 Å². The Hall–Kier alpha value is -5.80. The number of alkyl carbamates (subject to hydrolysis) is 1. The van der Waals surface area contributed by atoms with Crippen LogP contribution < -0.4 is 14.8 Å². The van der Waals surface area contributed by atoms with Crippen molar-refractivity contribution in [2.24, 2.45) is 0 Å². The maximum absolute atomic E-state index is 14.3. The number of aliphatic hydroxyl groups is 2. The van der Waals surface area contributed by atoms with Gasteiger partial charge >= 0.3 is 12.1 Å². The maximum atomic E-state index is 14.3.